The predicted molar refractivity (Wildman–Crippen MR) is 79.3 cm³/mol. The van der Waals surface area contributed by atoms with Crippen LogP contribution in [-0.4, -0.2) is 43.2 Å². The molecule has 2 rings (SSSR count). The van der Waals surface area contributed by atoms with Crippen LogP contribution >= 0.6 is 0 Å². The Hall–Kier alpha value is -1.60. The first-order valence-electron chi connectivity index (χ1n) is 7.73. The van der Waals surface area contributed by atoms with Gasteiger partial charge in [0, 0.05) is 19.2 Å². The molecule has 0 aliphatic carbocycles. The monoisotopic (exact) mass is 330 g/mol. The molecule has 2 unspecified atom stereocenters. The Balaban J connectivity index is 2.22. The van der Waals surface area contributed by atoms with Crippen molar-refractivity contribution in [3.05, 3.63) is 35.1 Å². The number of likely N-dealkylation sites (tertiary alicyclic amines) is 1. The summed E-state index contributed by atoms with van der Waals surface area (Å²) in [5.74, 6) is -4.20. The van der Waals surface area contributed by atoms with Crippen LogP contribution in [0.2, 0.25) is 0 Å². The number of likely N-dealkylation sites (N-methyl/N-ethyl adjacent to an activating group) is 1. The van der Waals surface area contributed by atoms with E-state index in [1.807, 2.05) is 11.8 Å². The molecule has 1 N–H and O–H groups in total. The average molecular weight is 330 g/mol. The molecule has 0 bridgehead atoms. The van der Waals surface area contributed by atoms with Crippen molar-refractivity contribution in [2.45, 2.75) is 32.4 Å². The number of benzene rings is 1. The van der Waals surface area contributed by atoms with Gasteiger partial charge in [-0.15, -0.1) is 0 Å². The maximum Gasteiger partial charge on any atom is 0.246 e. The van der Waals surface area contributed by atoms with Crippen molar-refractivity contribution in [3.63, 3.8) is 0 Å². The van der Waals surface area contributed by atoms with Gasteiger partial charge in [0.15, 0.2) is 17.5 Å². The molecule has 0 saturated carbocycles. The summed E-state index contributed by atoms with van der Waals surface area (Å²) in [7, 11) is 0. The van der Waals surface area contributed by atoms with Crippen molar-refractivity contribution in [1.82, 2.24) is 10.2 Å². The van der Waals surface area contributed by atoms with Crippen LogP contribution < -0.4 is 5.32 Å². The average Bonchev–Trinajstić information content (AvgIpc) is 2.92. The molecule has 128 valence electrons. The second kappa shape index (κ2) is 7.79. The van der Waals surface area contributed by atoms with E-state index in [1.54, 1.807) is 6.92 Å². The number of ether oxygens (including phenoxy) is 1. The van der Waals surface area contributed by atoms with Gasteiger partial charge in [0.2, 0.25) is 5.91 Å². The Morgan fingerprint density at radius 1 is 1.30 bits per heavy atom. The lowest BCUT2D eigenvalue weighted by Crippen LogP contribution is -2.41. The summed E-state index contributed by atoms with van der Waals surface area (Å²) >= 11 is 0. The van der Waals surface area contributed by atoms with Gasteiger partial charge in [0.1, 0.15) is 6.61 Å². The van der Waals surface area contributed by atoms with Gasteiger partial charge in [-0.3, -0.25) is 9.69 Å². The molecule has 0 radical (unpaired) electrons. The van der Waals surface area contributed by atoms with Gasteiger partial charge < -0.3 is 10.1 Å². The Morgan fingerprint density at radius 3 is 2.52 bits per heavy atom. The zero-order chi connectivity index (χ0) is 17.0. The number of hydrogen-bond acceptors (Lipinski definition) is 3. The molecule has 1 heterocycles. The van der Waals surface area contributed by atoms with E-state index in [4.69, 9.17) is 4.74 Å². The predicted octanol–water partition coefficient (Wildman–Crippen LogP) is 2.39. The molecule has 0 aromatic heterocycles. The fraction of sp³-hybridized carbons (Fsp3) is 0.562. The van der Waals surface area contributed by atoms with Gasteiger partial charge in [0.05, 0.1) is 6.04 Å². The quantitative estimate of drug-likeness (QED) is 0.815. The van der Waals surface area contributed by atoms with E-state index in [9.17, 15) is 18.0 Å². The van der Waals surface area contributed by atoms with Crippen molar-refractivity contribution in [3.8, 4) is 0 Å². The highest BCUT2D eigenvalue weighted by atomic mass is 19.2. The third-order valence-electron chi connectivity index (χ3n) is 4.04. The van der Waals surface area contributed by atoms with Crippen LogP contribution in [0.25, 0.3) is 0 Å². The first kappa shape index (κ1) is 17.7. The van der Waals surface area contributed by atoms with Crippen molar-refractivity contribution >= 4 is 5.91 Å². The summed E-state index contributed by atoms with van der Waals surface area (Å²) in [6.45, 7) is 5.42. The maximum atomic E-state index is 13.5. The first-order chi connectivity index (χ1) is 11.0. The molecule has 1 amide bonds. The highest BCUT2D eigenvalue weighted by Crippen LogP contribution is 2.33. The summed E-state index contributed by atoms with van der Waals surface area (Å²) in [4.78, 5) is 13.9. The fourth-order valence-corrected chi connectivity index (χ4v) is 2.99. The zero-order valence-electron chi connectivity index (χ0n) is 13.2. The molecule has 1 aromatic rings. The number of carbonyl (C=O) groups excluding carboxylic acids is 1. The van der Waals surface area contributed by atoms with Crippen molar-refractivity contribution in [2.75, 3.05) is 26.3 Å². The Kier molecular flexibility index (Phi) is 6.01. The first-order valence-corrected chi connectivity index (χ1v) is 7.73. The van der Waals surface area contributed by atoms with E-state index in [-0.39, 0.29) is 18.6 Å². The second-order valence-electron chi connectivity index (χ2n) is 5.47. The number of amides is 1. The van der Waals surface area contributed by atoms with E-state index in [2.05, 4.69) is 5.32 Å². The van der Waals surface area contributed by atoms with Crippen LogP contribution in [0.5, 0.6) is 0 Å². The largest absolute Gasteiger partial charge is 0.372 e. The van der Waals surface area contributed by atoms with Crippen LogP contribution in [-0.2, 0) is 9.53 Å². The Bertz CT molecular complexity index is 545. The van der Waals surface area contributed by atoms with E-state index < -0.39 is 23.5 Å². The highest BCUT2D eigenvalue weighted by Gasteiger charge is 2.36. The summed E-state index contributed by atoms with van der Waals surface area (Å²) in [5.41, 5.74) is 0.322. The number of rotatable bonds is 6. The molecule has 4 nitrogen and oxygen atoms in total. The van der Waals surface area contributed by atoms with Gasteiger partial charge in [-0.05, 0) is 37.6 Å². The van der Waals surface area contributed by atoms with E-state index in [0.29, 0.717) is 31.7 Å². The van der Waals surface area contributed by atoms with Crippen LogP contribution in [0.15, 0.2) is 12.1 Å². The van der Waals surface area contributed by atoms with E-state index >= 15 is 0 Å². The van der Waals surface area contributed by atoms with Gasteiger partial charge in [-0.2, -0.15) is 0 Å². The molecule has 1 aromatic carbocycles. The maximum absolute atomic E-state index is 13.5. The molecule has 2 atom stereocenters. The molecule has 7 heteroatoms. The Morgan fingerprint density at radius 2 is 1.96 bits per heavy atom. The van der Waals surface area contributed by atoms with Gasteiger partial charge in [0.25, 0.3) is 0 Å². The number of hydrogen-bond donors (Lipinski definition) is 1. The molecule has 1 aliphatic rings. The smallest absolute Gasteiger partial charge is 0.246 e. The van der Waals surface area contributed by atoms with Crippen LogP contribution in [0.3, 0.4) is 0 Å². The van der Waals surface area contributed by atoms with Gasteiger partial charge >= 0.3 is 0 Å². The SMILES string of the molecule is CCOCC(=O)NC1CCN(CC)C1c1cc(F)c(F)c(F)c1. The lowest BCUT2D eigenvalue weighted by Gasteiger charge is -2.28. The molecular formula is C16H21F3N2O2. The molecule has 1 saturated heterocycles. The van der Waals surface area contributed by atoms with Crippen molar-refractivity contribution < 1.29 is 22.7 Å². The zero-order valence-corrected chi connectivity index (χ0v) is 13.2. The number of nitrogens with one attached hydrogen (secondary N) is 1. The number of nitrogens with zero attached hydrogens (tertiary/aromatic N) is 1. The van der Waals surface area contributed by atoms with Gasteiger partial charge in [-0.25, -0.2) is 13.2 Å². The second-order valence-corrected chi connectivity index (χ2v) is 5.47. The minimum absolute atomic E-state index is 0.0576. The minimum Gasteiger partial charge on any atom is -0.372 e. The topological polar surface area (TPSA) is 41.6 Å². The summed E-state index contributed by atoms with van der Waals surface area (Å²) < 4.78 is 45.3. The highest BCUT2D eigenvalue weighted by molar-refractivity contribution is 5.77. The summed E-state index contributed by atoms with van der Waals surface area (Å²) in [6, 6.07) is 1.31. The number of halogens is 3. The van der Waals surface area contributed by atoms with Crippen LogP contribution in [0.1, 0.15) is 31.9 Å². The van der Waals surface area contributed by atoms with Gasteiger partial charge in [-0.1, -0.05) is 6.92 Å². The lowest BCUT2D eigenvalue weighted by molar-refractivity contribution is -0.126. The lowest BCUT2D eigenvalue weighted by atomic mass is 9.99. The van der Waals surface area contributed by atoms with Crippen molar-refractivity contribution in [1.29, 1.82) is 0 Å². The summed E-state index contributed by atoms with van der Waals surface area (Å²) in [5, 5.41) is 2.84. The van der Waals surface area contributed by atoms with E-state index in [1.165, 1.54) is 0 Å². The normalized spacial score (nSPS) is 21.6. The molecule has 0 spiro atoms. The third-order valence-corrected chi connectivity index (χ3v) is 4.04. The van der Waals surface area contributed by atoms with Crippen LogP contribution in [0, 0.1) is 17.5 Å². The fourth-order valence-electron chi connectivity index (χ4n) is 2.99. The minimum atomic E-state index is -1.48. The standard InChI is InChI=1S/C16H21F3N2O2/c1-3-21-6-5-13(20-14(22)9-23-4-2)16(21)10-7-11(17)15(19)12(18)8-10/h7-8,13,16H,3-6,9H2,1-2H3,(H,20,22). The van der Waals surface area contributed by atoms with Crippen molar-refractivity contribution in [2.24, 2.45) is 0 Å². The molecule has 1 fully saturated rings. The summed E-state index contributed by atoms with van der Waals surface area (Å²) in [6.07, 6.45) is 0.650. The molecular weight excluding hydrogens is 309 g/mol. The third kappa shape index (κ3) is 4.03. The molecule has 23 heavy (non-hydrogen) atoms. The molecule has 1 aliphatic heterocycles. The Labute approximate surface area is 133 Å². The number of carbonyl (C=O) groups is 1. The van der Waals surface area contributed by atoms with E-state index in [0.717, 1.165) is 12.1 Å². The van der Waals surface area contributed by atoms with Crippen LogP contribution in [0.4, 0.5) is 13.2 Å².